The van der Waals surface area contributed by atoms with Gasteiger partial charge < -0.3 is 15.0 Å². The summed E-state index contributed by atoms with van der Waals surface area (Å²) in [5.74, 6) is -0.0774. The van der Waals surface area contributed by atoms with E-state index in [1.54, 1.807) is 18.2 Å². The molecule has 2 rings (SSSR count). The summed E-state index contributed by atoms with van der Waals surface area (Å²) in [5, 5.41) is 3.05. The Bertz CT molecular complexity index is 467. The van der Waals surface area contributed by atoms with Gasteiger partial charge in [-0.25, -0.2) is 4.39 Å². The summed E-state index contributed by atoms with van der Waals surface area (Å²) in [6.07, 6.45) is 3.16. The summed E-state index contributed by atoms with van der Waals surface area (Å²) in [6.45, 7) is 2.36. The molecule has 1 aliphatic heterocycles. The van der Waals surface area contributed by atoms with Crippen molar-refractivity contribution in [3.63, 3.8) is 0 Å². The predicted molar refractivity (Wildman–Crippen MR) is 79.8 cm³/mol. The van der Waals surface area contributed by atoms with Crippen LogP contribution in [-0.4, -0.2) is 43.6 Å². The second-order valence-electron chi connectivity index (χ2n) is 5.55. The predicted octanol–water partition coefficient (Wildman–Crippen LogP) is 2.20. The number of rotatable bonds is 6. The lowest BCUT2D eigenvalue weighted by atomic mass is 10.1. The Morgan fingerprint density at radius 3 is 3.05 bits per heavy atom. The van der Waals surface area contributed by atoms with Gasteiger partial charge in [0.15, 0.2) is 11.6 Å². The van der Waals surface area contributed by atoms with E-state index < -0.39 is 0 Å². The van der Waals surface area contributed by atoms with Gasteiger partial charge in [0.25, 0.3) is 0 Å². The fourth-order valence-electron chi connectivity index (χ4n) is 2.56. The molecule has 1 heterocycles. The zero-order valence-corrected chi connectivity index (χ0v) is 12.5. The van der Waals surface area contributed by atoms with Crippen LogP contribution in [0.15, 0.2) is 24.3 Å². The zero-order chi connectivity index (χ0) is 15.1. The van der Waals surface area contributed by atoms with Crippen LogP contribution in [0.2, 0.25) is 0 Å². The van der Waals surface area contributed by atoms with Gasteiger partial charge in [0, 0.05) is 19.0 Å². The van der Waals surface area contributed by atoms with Crippen LogP contribution in [0.25, 0.3) is 0 Å². The summed E-state index contributed by atoms with van der Waals surface area (Å²) in [4.78, 5) is 14.1. The minimum Gasteiger partial charge on any atom is -0.491 e. The van der Waals surface area contributed by atoms with E-state index in [-0.39, 0.29) is 23.5 Å². The summed E-state index contributed by atoms with van der Waals surface area (Å²) in [7, 11) is 2.07. The van der Waals surface area contributed by atoms with E-state index in [0.29, 0.717) is 19.4 Å². The van der Waals surface area contributed by atoms with Crippen molar-refractivity contribution in [3.8, 4) is 5.75 Å². The second-order valence-corrected chi connectivity index (χ2v) is 5.55. The molecular formula is C16H23FN2O2. The molecule has 0 saturated carbocycles. The maximum atomic E-state index is 13.3. The third-order valence-corrected chi connectivity index (χ3v) is 3.63. The number of likely N-dealkylation sites (tertiary alicyclic amines) is 1. The number of ether oxygens (including phenoxy) is 1. The van der Waals surface area contributed by atoms with Crippen LogP contribution in [-0.2, 0) is 4.79 Å². The number of carbonyl (C=O) groups is 1. The molecule has 1 saturated heterocycles. The lowest BCUT2D eigenvalue weighted by molar-refractivity contribution is -0.122. The Morgan fingerprint density at radius 2 is 2.29 bits per heavy atom. The van der Waals surface area contributed by atoms with Gasteiger partial charge in [-0.2, -0.15) is 0 Å². The van der Waals surface area contributed by atoms with Crippen LogP contribution in [0, 0.1) is 5.82 Å². The number of piperidine rings is 1. The molecule has 0 aromatic heterocycles. The molecule has 1 aliphatic rings. The monoisotopic (exact) mass is 294 g/mol. The van der Waals surface area contributed by atoms with E-state index in [1.165, 1.54) is 6.07 Å². The molecule has 0 spiro atoms. The first-order valence-corrected chi connectivity index (χ1v) is 7.50. The quantitative estimate of drug-likeness (QED) is 0.818. The van der Waals surface area contributed by atoms with E-state index in [0.717, 1.165) is 25.9 Å². The summed E-state index contributed by atoms with van der Waals surface area (Å²) >= 11 is 0. The first-order chi connectivity index (χ1) is 10.1. The maximum absolute atomic E-state index is 13.3. The van der Waals surface area contributed by atoms with Crippen molar-refractivity contribution in [1.29, 1.82) is 0 Å². The average molecular weight is 294 g/mol. The highest BCUT2D eigenvalue weighted by Gasteiger charge is 2.18. The number of benzene rings is 1. The molecule has 0 unspecified atom stereocenters. The molecule has 0 radical (unpaired) electrons. The Kier molecular flexibility index (Phi) is 5.99. The third kappa shape index (κ3) is 5.34. The smallest absolute Gasteiger partial charge is 0.220 e. The minimum atomic E-state index is -0.368. The van der Waals surface area contributed by atoms with Crippen molar-refractivity contribution >= 4 is 5.91 Å². The highest BCUT2D eigenvalue weighted by atomic mass is 19.1. The number of para-hydroxylation sites is 1. The van der Waals surface area contributed by atoms with Gasteiger partial charge in [-0.15, -0.1) is 0 Å². The van der Waals surface area contributed by atoms with E-state index >= 15 is 0 Å². The van der Waals surface area contributed by atoms with Crippen molar-refractivity contribution in [2.75, 3.05) is 26.7 Å². The number of hydrogen-bond acceptors (Lipinski definition) is 3. The molecule has 1 amide bonds. The molecule has 1 aromatic carbocycles. The first kappa shape index (κ1) is 15.8. The third-order valence-electron chi connectivity index (χ3n) is 3.63. The molecule has 0 bridgehead atoms. The number of halogens is 1. The van der Waals surface area contributed by atoms with Crippen molar-refractivity contribution in [3.05, 3.63) is 30.1 Å². The van der Waals surface area contributed by atoms with Crippen LogP contribution in [0.1, 0.15) is 25.7 Å². The van der Waals surface area contributed by atoms with Crippen LogP contribution >= 0.6 is 0 Å². The Labute approximate surface area is 125 Å². The lowest BCUT2D eigenvalue weighted by Crippen LogP contribution is -2.46. The zero-order valence-electron chi connectivity index (χ0n) is 12.5. The standard InChI is InChI=1S/C16H23FN2O2/c1-19-10-4-6-13(12-19)18-16(20)9-5-11-21-15-8-3-2-7-14(15)17/h2-3,7-8,13H,4-6,9-12H2,1H3,(H,18,20)/t13-/m1/s1. The average Bonchev–Trinajstić information content (AvgIpc) is 2.45. The topological polar surface area (TPSA) is 41.6 Å². The molecule has 21 heavy (non-hydrogen) atoms. The first-order valence-electron chi connectivity index (χ1n) is 7.50. The maximum Gasteiger partial charge on any atom is 0.220 e. The lowest BCUT2D eigenvalue weighted by Gasteiger charge is -2.30. The summed E-state index contributed by atoms with van der Waals surface area (Å²) < 4.78 is 18.6. The highest BCUT2D eigenvalue weighted by molar-refractivity contribution is 5.76. The minimum absolute atomic E-state index is 0.0485. The fourth-order valence-corrected chi connectivity index (χ4v) is 2.56. The van der Waals surface area contributed by atoms with Crippen LogP contribution in [0.5, 0.6) is 5.75 Å². The van der Waals surface area contributed by atoms with Gasteiger partial charge in [-0.1, -0.05) is 12.1 Å². The van der Waals surface area contributed by atoms with Gasteiger partial charge in [0.1, 0.15) is 0 Å². The Hall–Kier alpha value is -1.62. The molecule has 4 nitrogen and oxygen atoms in total. The SMILES string of the molecule is CN1CCC[C@@H](NC(=O)CCCOc2ccccc2F)C1. The number of hydrogen-bond donors (Lipinski definition) is 1. The van der Waals surface area contributed by atoms with Crippen LogP contribution < -0.4 is 10.1 Å². The van der Waals surface area contributed by atoms with Gasteiger partial charge in [-0.3, -0.25) is 4.79 Å². The largest absolute Gasteiger partial charge is 0.491 e. The number of nitrogens with one attached hydrogen (secondary N) is 1. The molecular weight excluding hydrogens is 271 g/mol. The molecule has 116 valence electrons. The van der Waals surface area contributed by atoms with E-state index in [9.17, 15) is 9.18 Å². The second kappa shape index (κ2) is 7.98. The van der Waals surface area contributed by atoms with E-state index in [2.05, 4.69) is 17.3 Å². The van der Waals surface area contributed by atoms with Crippen molar-refractivity contribution < 1.29 is 13.9 Å². The molecule has 1 aromatic rings. The van der Waals surface area contributed by atoms with Gasteiger partial charge in [0.2, 0.25) is 5.91 Å². The molecule has 1 atom stereocenters. The molecule has 1 fully saturated rings. The van der Waals surface area contributed by atoms with E-state index in [4.69, 9.17) is 4.74 Å². The number of likely N-dealkylation sites (N-methyl/N-ethyl adjacent to an activating group) is 1. The fraction of sp³-hybridized carbons (Fsp3) is 0.562. The number of amides is 1. The molecule has 0 aliphatic carbocycles. The van der Waals surface area contributed by atoms with Gasteiger partial charge in [0.05, 0.1) is 6.61 Å². The highest BCUT2D eigenvalue weighted by Crippen LogP contribution is 2.15. The molecule has 5 heteroatoms. The van der Waals surface area contributed by atoms with Crippen molar-refractivity contribution in [2.45, 2.75) is 31.7 Å². The van der Waals surface area contributed by atoms with Crippen LogP contribution in [0.3, 0.4) is 0 Å². The van der Waals surface area contributed by atoms with Crippen LogP contribution in [0.4, 0.5) is 4.39 Å². The summed E-state index contributed by atoms with van der Waals surface area (Å²) in [6, 6.07) is 6.56. The Morgan fingerprint density at radius 1 is 1.48 bits per heavy atom. The summed E-state index contributed by atoms with van der Waals surface area (Å²) in [5.41, 5.74) is 0. The Balaban J connectivity index is 1.62. The number of nitrogens with zero attached hydrogens (tertiary/aromatic N) is 1. The van der Waals surface area contributed by atoms with Crippen molar-refractivity contribution in [2.24, 2.45) is 0 Å². The van der Waals surface area contributed by atoms with E-state index in [1.807, 2.05) is 0 Å². The van der Waals surface area contributed by atoms with Crippen molar-refractivity contribution in [1.82, 2.24) is 10.2 Å². The van der Waals surface area contributed by atoms with Gasteiger partial charge in [-0.05, 0) is 45.0 Å². The normalized spacial score (nSPS) is 19.2. The molecule has 1 N–H and O–H groups in total. The number of carbonyl (C=O) groups excluding carboxylic acids is 1. The van der Waals surface area contributed by atoms with Gasteiger partial charge >= 0.3 is 0 Å².